The number of hydrogen-bond donors (Lipinski definition) is 1. The molecular weight excluding hydrogens is 382 g/mol. The summed E-state index contributed by atoms with van der Waals surface area (Å²) in [6.45, 7) is 4.40. The topological polar surface area (TPSA) is 99.9 Å². The van der Waals surface area contributed by atoms with E-state index in [-0.39, 0.29) is 6.10 Å². The highest BCUT2D eigenvalue weighted by molar-refractivity contribution is 5.71. The number of anilines is 2. The average molecular weight is 409 g/mol. The number of nitrogens with one attached hydrogen (secondary N) is 1. The first-order valence-electron chi connectivity index (χ1n) is 10.4. The van der Waals surface area contributed by atoms with Crippen LogP contribution in [-0.2, 0) is 7.05 Å². The van der Waals surface area contributed by atoms with E-state index in [0.717, 1.165) is 24.3 Å². The van der Waals surface area contributed by atoms with Gasteiger partial charge in [-0.05, 0) is 51.7 Å². The molecule has 0 aromatic carbocycles. The second-order valence-corrected chi connectivity index (χ2v) is 7.34. The maximum Gasteiger partial charge on any atom is 0.231 e. The first-order valence-corrected chi connectivity index (χ1v) is 10.4. The molecule has 0 radical (unpaired) electrons. The van der Waals surface area contributed by atoms with Crippen LogP contribution in [0.3, 0.4) is 0 Å². The van der Waals surface area contributed by atoms with Crippen molar-refractivity contribution in [3.8, 4) is 23.0 Å². The molecular formula is C21H27N7O2. The zero-order valence-corrected chi connectivity index (χ0v) is 17.6. The van der Waals surface area contributed by atoms with E-state index >= 15 is 0 Å². The smallest absolute Gasteiger partial charge is 0.231 e. The van der Waals surface area contributed by atoms with Crippen LogP contribution in [0.2, 0.25) is 0 Å². The van der Waals surface area contributed by atoms with Crippen LogP contribution >= 0.6 is 0 Å². The van der Waals surface area contributed by atoms with Gasteiger partial charge in [0.25, 0.3) is 0 Å². The Bertz CT molecular complexity index is 999. The molecule has 3 aromatic heterocycles. The van der Waals surface area contributed by atoms with Crippen LogP contribution in [0.15, 0.2) is 24.4 Å². The Morgan fingerprint density at radius 2 is 1.97 bits per heavy atom. The molecule has 0 aliphatic heterocycles. The number of aryl methyl sites for hydroxylation is 2. The van der Waals surface area contributed by atoms with Gasteiger partial charge in [0, 0.05) is 19.3 Å². The van der Waals surface area contributed by atoms with Crippen LogP contribution in [0.1, 0.15) is 44.7 Å². The fourth-order valence-corrected chi connectivity index (χ4v) is 3.57. The summed E-state index contributed by atoms with van der Waals surface area (Å²) in [6, 6.07) is 5.60. The van der Waals surface area contributed by atoms with Gasteiger partial charge in [0.05, 0.1) is 24.1 Å². The van der Waals surface area contributed by atoms with Crippen molar-refractivity contribution in [2.24, 2.45) is 7.05 Å². The van der Waals surface area contributed by atoms with Gasteiger partial charge in [-0.3, -0.25) is 0 Å². The van der Waals surface area contributed by atoms with Gasteiger partial charge in [0.15, 0.2) is 11.5 Å². The van der Waals surface area contributed by atoms with Crippen LogP contribution in [0, 0.1) is 6.92 Å². The van der Waals surface area contributed by atoms with Crippen LogP contribution in [-0.4, -0.2) is 42.7 Å². The first-order chi connectivity index (χ1) is 14.6. The lowest BCUT2D eigenvalue weighted by molar-refractivity contribution is 0.153. The van der Waals surface area contributed by atoms with E-state index in [1.165, 1.54) is 19.3 Å². The number of hydrogen-bond acceptors (Lipinski definition) is 8. The Morgan fingerprint density at radius 1 is 1.13 bits per heavy atom. The third kappa shape index (κ3) is 4.50. The summed E-state index contributed by atoms with van der Waals surface area (Å²) in [5.41, 5.74) is 2.17. The van der Waals surface area contributed by atoms with E-state index < -0.39 is 0 Å². The van der Waals surface area contributed by atoms with Gasteiger partial charge >= 0.3 is 0 Å². The lowest BCUT2D eigenvalue weighted by Gasteiger charge is -2.23. The van der Waals surface area contributed by atoms with Gasteiger partial charge in [-0.1, -0.05) is 11.6 Å². The van der Waals surface area contributed by atoms with Crippen molar-refractivity contribution in [1.29, 1.82) is 0 Å². The predicted octanol–water partition coefficient (Wildman–Crippen LogP) is 3.83. The monoisotopic (exact) mass is 409 g/mol. The highest BCUT2D eigenvalue weighted by Gasteiger charge is 2.19. The molecule has 3 heterocycles. The second-order valence-electron chi connectivity index (χ2n) is 7.34. The average Bonchev–Trinajstić information content (AvgIpc) is 3.11. The van der Waals surface area contributed by atoms with Crippen LogP contribution in [0.5, 0.6) is 11.6 Å². The van der Waals surface area contributed by atoms with Gasteiger partial charge in [0.2, 0.25) is 11.8 Å². The third-order valence-corrected chi connectivity index (χ3v) is 5.11. The summed E-state index contributed by atoms with van der Waals surface area (Å²) >= 11 is 0. The predicted molar refractivity (Wildman–Crippen MR) is 113 cm³/mol. The Hall–Kier alpha value is -3.23. The van der Waals surface area contributed by atoms with Crippen molar-refractivity contribution >= 4 is 11.8 Å². The highest BCUT2D eigenvalue weighted by atomic mass is 16.5. The lowest BCUT2D eigenvalue weighted by Crippen LogP contribution is -2.20. The number of aromatic nitrogens is 6. The van der Waals surface area contributed by atoms with E-state index in [2.05, 4.69) is 25.6 Å². The maximum atomic E-state index is 6.19. The molecule has 1 aliphatic carbocycles. The molecule has 0 spiro atoms. The molecule has 1 fully saturated rings. The van der Waals surface area contributed by atoms with Gasteiger partial charge in [-0.2, -0.15) is 4.98 Å². The SMILES string of the molecule is CCOc1ccnc(Nc2c(-c3ccc(OC4CCCCC4)c(C)n3)nnn2C)n1. The minimum atomic E-state index is 0.286. The fraction of sp³-hybridized carbons (Fsp3) is 0.476. The second kappa shape index (κ2) is 9.06. The van der Waals surface area contributed by atoms with Crippen molar-refractivity contribution in [2.75, 3.05) is 11.9 Å². The fourth-order valence-electron chi connectivity index (χ4n) is 3.57. The maximum absolute atomic E-state index is 6.19. The summed E-state index contributed by atoms with van der Waals surface area (Å²) < 4.78 is 13.3. The molecule has 0 amide bonds. The molecule has 1 aliphatic rings. The van der Waals surface area contributed by atoms with E-state index in [0.29, 0.717) is 35.6 Å². The molecule has 0 unspecified atom stereocenters. The third-order valence-electron chi connectivity index (χ3n) is 5.11. The largest absolute Gasteiger partial charge is 0.489 e. The quantitative estimate of drug-likeness (QED) is 0.628. The Kier molecular flexibility index (Phi) is 6.06. The summed E-state index contributed by atoms with van der Waals surface area (Å²) in [4.78, 5) is 13.3. The van der Waals surface area contributed by atoms with Crippen molar-refractivity contribution in [1.82, 2.24) is 29.9 Å². The Morgan fingerprint density at radius 3 is 2.73 bits per heavy atom. The molecule has 9 heteroatoms. The van der Waals surface area contributed by atoms with Gasteiger partial charge < -0.3 is 14.8 Å². The van der Waals surface area contributed by atoms with Crippen LogP contribution < -0.4 is 14.8 Å². The number of nitrogens with zero attached hydrogens (tertiary/aromatic N) is 6. The number of rotatable bonds is 7. The molecule has 158 valence electrons. The van der Waals surface area contributed by atoms with E-state index in [1.807, 2.05) is 26.0 Å². The molecule has 0 saturated heterocycles. The summed E-state index contributed by atoms with van der Waals surface area (Å²) in [6.07, 6.45) is 7.92. The Labute approximate surface area is 175 Å². The van der Waals surface area contributed by atoms with Gasteiger partial charge in [-0.15, -0.1) is 5.10 Å². The summed E-state index contributed by atoms with van der Waals surface area (Å²) in [5.74, 6) is 2.39. The van der Waals surface area contributed by atoms with Crippen LogP contribution in [0.25, 0.3) is 11.4 Å². The first kappa shape index (κ1) is 20.1. The highest BCUT2D eigenvalue weighted by Crippen LogP contribution is 2.30. The number of ether oxygens (including phenoxy) is 2. The van der Waals surface area contributed by atoms with Crippen LogP contribution in [0.4, 0.5) is 11.8 Å². The summed E-state index contributed by atoms with van der Waals surface area (Å²) in [5, 5.41) is 11.6. The minimum absolute atomic E-state index is 0.286. The minimum Gasteiger partial charge on any atom is -0.489 e. The molecule has 1 N–H and O–H groups in total. The van der Waals surface area contributed by atoms with E-state index in [9.17, 15) is 0 Å². The van der Waals surface area contributed by atoms with Gasteiger partial charge in [-0.25, -0.2) is 14.6 Å². The Balaban J connectivity index is 1.56. The standard InChI is InChI=1S/C21H27N7O2/c1-4-29-18-12-13-22-21(24-18)25-20-19(26-27-28(20)3)16-10-11-17(14(2)23-16)30-15-8-6-5-7-9-15/h10-13,15H,4-9H2,1-3H3,(H,22,24,25). The zero-order valence-electron chi connectivity index (χ0n) is 17.6. The molecule has 0 atom stereocenters. The van der Waals surface area contributed by atoms with Crippen molar-refractivity contribution in [2.45, 2.75) is 52.1 Å². The molecule has 9 nitrogen and oxygen atoms in total. The zero-order chi connectivity index (χ0) is 20.9. The van der Waals surface area contributed by atoms with E-state index in [1.54, 1.807) is 24.0 Å². The summed E-state index contributed by atoms with van der Waals surface area (Å²) in [7, 11) is 1.80. The van der Waals surface area contributed by atoms with Crippen molar-refractivity contribution < 1.29 is 9.47 Å². The molecule has 0 bridgehead atoms. The van der Waals surface area contributed by atoms with Gasteiger partial charge in [0.1, 0.15) is 5.75 Å². The molecule has 1 saturated carbocycles. The molecule has 30 heavy (non-hydrogen) atoms. The molecule has 3 aromatic rings. The van der Waals surface area contributed by atoms with Crippen molar-refractivity contribution in [3.05, 3.63) is 30.1 Å². The lowest BCUT2D eigenvalue weighted by atomic mass is 9.98. The van der Waals surface area contributed by atoms with E-state index in [4.69, 9.17) is 14.5 Å². The molecule has 4 rings (SSSR count). The normalized spacial score (nSPS) is 14.5. The van der Waals surface area contributed by atoms with Crippen molar-refractivity contribution in [3.63, 3.8) is 0 Å². The number of pyridine rings is 1.